The molecule has 1 aromatic carbocycles. The van der Waals surface area contributed by atoms with Crippen molar-refractivity contribution < 1.29 is 32.2 Å². The number of ether oxygens (including phenoxy) is 2. The maximum Gasteiger partial charge on any atom is 0.392 e. The molecule has 2 amide bonds. The molecule has 1 atom stereocenters. The summed E-state index contributed by atoms with van der Waals surface area (Å²) in [5.41, 5.74) is 7.26. The molecular weight excluding hydrogens is 527 g/mol. The summed E-state index contributed by atoms with van der Waals surface area (Å²) >= 11 is 0. The summed E-state index contributed by atoms with van der Waals surface area (Å²) in [5, 5.41) is 7.14. The van der Waals surface area contributed by atoms with Crippen molar-refractivity contribution in [3.05, 3.63) is 60.0 Å². The van der Waals surface area contributed by atoms with E-state index in [1.807, 2.05) is 6.92 Å². The van der Waals surface area contributed by atoms with Crippen LogP contribution in [0.5, 0.6) is 11.6 Å². The molecule has 40 heavy (non-hydrogen) atoms. The van der Waals surface area contributed by atoms with E-state index in [2.05, 4.69) is 15.4 Å². The van der Waals surface area contributed by atoms with Crippen LogP contribution in [0.3, 0.4) is 0 Å². The third-order valence-electron chi connectivity index (χ3n) is 6.80. The average Bonchev–Trinajstić information content (AvgIpc) is 3.32. The van der Waals surface area contributed by atoms with Gasteiger partial charge in [0.25, 0.3) is 11.8 Å². The third-order valence-corrected chi connectivity index (χ3v) is 6.80. The van der Waals surface area contributed by atoms with Crippen LogP contribution < -0.4 is 20.5 Å². The second kappa shape index (κ2) is 12.4. The summed E-state index contributed by atoms with van der Waals surface area (Å²) in [7, 11) is 1.75. The second-order valence-corrected chi connectivity index (χ2v) is 9.97. The first kappa shape index (κ1) is 28.9. The lowest BCUT2D eigenvalue weighted by Gasteiger charge is -2.37. The Balaban J connectivity index is 1.36. The minimum atomic E-state index is -4.34. The van der Waals surface area contributed by atoms with Crippen molar-refractivity contribution in [2.24, 2.45) is 18.7 Å². The molecule has 3 N–H and O–H groups in total. The zero-order valence-electron chi connectivity index (χ0n) is 22.3. The van der Waals surface area contributed by atoms with Crippen molar-refractivity contribution in [1.82, 2.24) is 20.1 Å². The molecule has 12 heteroatoms. The van der Waals surface area contributed by atoms with Gasteiger partial charge in [0.15, 0.2) is 0 Å². The predicted molar refractivity (Wildman–Crippen MR) is 141 cm³/mol. The van der Waals surface area contributed by atoms with Gasteiger partial charge in [0.1, 0.15) is 17.4 Å². The van der Waals surface area contributed by atoms with Crippen LogP contribution in [0.1, 0.15) is 59.7 Å². The lowest BCUT2D eigenvalue weighted by Crippen LogP contribution is -2.45. The highest BCUT2D eigenvalue weighted by Gasteiger charge is 2.33. The Bertz CT molecular complexity index is 1340. The molecular formula is C28H32F3N5O4. The maximum atomic E-state index is 13.1. The Morgan fingerprint density at radius 2 is 2.00 bits per heavy atom. The van der Waals surface area contributed by atoms with Gasteiger partial charge in [-0.15, -0.1) is 0 Å². The summed E-state index contributed by atoms with van der Waals surface area (Å²) in [4.78, 5) is 28.9. The normalized spacial score (nSPS) is 17.5. The second-order valence-electron chi connectivity index (χ2n) is 9.97. The van der Waals surface area contributed by atoms with Crippen LogP contribution in [0.4, 0.5) is 13.2 Å². The van der Waals surface area contributed by atoms with E-state index < -0.39 is 25.1 Å². The maximum absolute atomic E-state index is 13.1. The van der Waals surface area contributed by atoms with E-state index in [4.69, 9.17) is 15.2 Å². The number of primary amides is 1. The topological polar surface area (TPSA) is 121 Å². The zero-order valence-corrected chi connectivity index (χ0v) is 22.3. The van der Waals surface area contributed by atoms with Gasteiger partial charge in [-0.2, -0.15) is 18.3 Å². The van der Waals surface area contributed by atoms with Crippen molar-refractivity contribution in [3.63, 3.8) is 0 Å². The van der Waals surface area contributed by atoms with Crippen molar-refractivity contribution >= 4 is 11.8 Å². The van der Waals surface area contributed by atoms with Crippen LogP contribution in [-0.2, 0) is 7.05 Å². The first-order valence-corrected chi connectivity index (χ1v) is 13.1. The molecule has 1 fully saturated rings. The quantitative estimate of drug-likeness (QED) is 0.333. The highest BCUT2D eigenvalue weighted by Crippen LogP contribution is 2.34. The Labute approximate surface area is 229 Å². The van der Waals surface area contributed by atoms with Crippen LogP contribution in [0, 0.1) is 5.92 Å². The number of nitrogens with one attached hydrogen (secondary N) is 1. The highest BCUT2D eigenvalue weighted by atomic mass is 19.4. The summed E-state index contributed by atoms with van der Waals surface area (Å²) in [5.74, 6) is -0.245. The minimum absolute atomic E-state index is 0.0531. The van der Waals surface area contributed by atoms with Gasteiger partial charge >= 0.3 is 6.18 Å². The molecule has 0 spiro atoms. The number of aryl methyl sites for hydroxylation is 1. The number of nitrogens with zero attached hydrogens (tertiary/aromatic N) is 3. The van der Waals surface area contributed by atoms with E-state index >= 15 is 0 Å². The Kier molecular flexibility index (Phi) is 8.96. The fourth-order valence-electron chi connectivity index (χ4n) is 4.65. The number of hydrogen-bond donors (Lipinski definition) is 2. The molecule has 4 rings (SSSR count). The lowest BCUT2D eigenvalue weighted by molar-refractivity contribution is -0.139. The largest absolute Gasteiger partial charge is 0.493 e. The summed E-state index contributed by atoms with van der Waals surface area (Å²) in [6.45, 7) is 1.44. The number of aromatic nitrogens is 3. The smallest absolute Gasteiger partial charge is 0.392 e. The predicted octanol–water partition coefficient (Wildman–Crippen LogP) is 4.67. The highest BCUT2D eigenvalue weighted by molar-refractivity contribution is 5.96. The molecule has 0 aliphatic heterocycles. The van der Waals surface area contributed by atoms with E-state index in [0.717, 1.165) is 19.3 Å². The molecule has 1 unspecified atom stereocenters. The van der Waals surface area contributed by atoms with Gasteiger partial charge in [-0.05, 0) is 67.5 Å². The van der Waals surface area contributed by atoms with Gasteiger partial charge in [0.2, 0.25) is 5.88 Å². The molecule has 0 bridgehead atoms. The number of rotatable bonds is 12. The van der Waals surface area contributed by atoms with Gasteiger partial charge in [0.05, 0.1) is 19.2 Å². The van der Waals surface area contributed by atoms with Crippen LogP contribution >= 0.6 is 0 Å². The van der Waals surface area contributed by atoms with E-state index in [1.54, 1.807) is 54.6 Å². The van der Waals surface area contributed by atoms with Gasteiger partial charge in [-0.25, -0.2) is 4.98 Å². The van der Waals surface area contributed by atoms with E-state index in [9.17, 15) is 22.8 Å². The molecule has 0 radical (unpaired) electrons. The number of benzene rings is 1. The number of carbonyl (C=O) groups is 2. The minimum Gasteiger partial charge on any atom is -0.493 e. The SMILES string of the molecule is CCC(CC1CC(NC(=O)c2cc(OCCC(F)(F)F)cc(-c3cnn(C)c3)c2)C1)Oc1ncccc1C(N)=O. The van der Waals surface area contributed by atoms with Crippen molar-refractivity contribution in [3.8, 4) is 22.8 Å². The molecule has 1 saturated carbocycles. The lowest BCUT2D eigenvalue weighted by atomic mass is 9.76. The molecule has 0 saturated heterocycles. The molecule has 9 nitrogen and oxygen atoms in total. The van der Waals surface area contributed by atoms with E-state index in [0.29, 0.717) is 23.5 Å². The van der Waals surface area contributed by atoms with Crippen molar-refractivity contribution in [2.45, 2.75) is 57.3 Å². The number of alkyl halides is 3. The van der Waals surface area contributed by atoms with Crippen LogP contribution in [0.25, 0.3) is 11.1 Å². The van der Waals surface area contributed by atoms with Crippen molar-refractivity contribution in [1.29, 1.82) is 0 Å². The summed E-state index contributed by atoms with van der Waals surface area (Å²) in [6, 6.07) is 7.86. The average molecular weight is 560 g/mol. The number of halogens is 3. The standard InChI is InChI=1S/C28H32F3N5O4/c1-3-22(40-27-24(25(32)37)5-4-7-33-27)11-17-9-21(10-17)35-26(38)19-12-18(20-15-34-36(2)16-20)13-23(14-19)39-8-6-28(29,30)31/h4-5,7,12-17,21-22H,3,6,8-11H2,1-2H3,(H2,32,37)(H,35,38). The molecule has 214 valence electrons. The zero-order chi connectivity index (χ0) is 28.9. The van der Waals surface area contributed by atoms with Gasteiger partial charge < -0.3 is 20.5 Å². The summed E-state index contributed by atoms with van der Waals surface area (Å²) < 4.78 is 50.8. The monoisotopic (exact) mass is 559 g/mol. The molecule has 2 heterocycles. The van der Waals surface area contributed by atoms with Gasteiger partial charge in [0, 0.05) is 36.6 Å². The van der Waals surface area contributed by atoms with Gasteiger partial charge in [-0.1, -0.05) is 6.92 Å². The fraction of sp³-hybridized carbons (Fsp3) is 0.429. The molecule has 2 aromatic heterocycles. The van der Waals surface area contributed by atoms with E-state index in [1.165, 1.54) is 6.07 Å². The number of hydrogen-bond acceptors (Lipinski definition) is 6. The number of pyridine rings is 1. The van der Waals surface area contributed by atoms with Gasteiger partial charge in [-0.3, -0.25) is 14.3 Å². The molecule has 1 aliphatic rings. The van der Waals surface area contributed by atoms with E-state index in [-0.39, 0.29) is 40.8 Å². The van der Waals surface area contributed by atoms with Crippen LogP contribution in [0.2, 0.25) is 0 Å². The third kappa shape index (κ3) is 7.73. The fourth-order valence-corrected chi connectivity index (χ4v) is 4.65. The number of amides is 2. The summed E-state index contributed by atoms with van der Waals surface area (Å²) in [6.07, 6.45) is 2.22. The van der Waals surface area contributed by atoms with Crippen LogP contribution in [-0.4, -0.2) is 51.5 Å². The number of carbonyl (C=O) groups excluding carboxylic acids is 2. The first-order chi connectivity index (χ1) is 19.0. The first-order valence-electron chi connectivity index (χ1n) is 13.1. The Morgan fingerprint density at radius 3 is 2.65 bits per heavy atom. The van der Waals surface area contributed by atoms with Crippen molar-refractivity contribution in [2.75, 3.05) is 6.61 Å². The molecule has 3 aromatic rings. The molecule has 1 aliphatic carbocycles. The Morgan fingerprint density at radius 1 is 1.23 bits per heavy atom. The van der Waals surface area contributed by atoms with Crippen LogP contribution in [0.15, 0.2) is 48.9 Å². The Hall–Kier alpha value is -4.09. The number of nitrogens with two attached hydrogens (primary N) is 1.